The van der Waals surface area contributed by atoms with Crippen LogP contribution in [0.4, 0.5) is 5.00 Å². The van der Waals surface area contributed by atoms with Crippen molar-refractivity contribution in [3.8, 4) is 0 Å². The number of rotatable bonds is 4. The maximum atomic E-state index is 5.86. The number of halogens is 1. The molecule has 0 spiro atoms. The zero-order chi connectivity index (χ0) is 10.5. The molecule has 0 saturated carbocycles. The maximum absolute atomic E-state index is 5.86. The average Bonchev–Trinajstić information content (AvgIpc) is 2.66. The highest BCUT2D eigenvalue weighted by Crippen LogP contribution is 2.26. The predicted octanol–water partition coefficient (Wildman–Crippen LogP) is 3.20. The Labute approximate surface area is 100 Å². The van der Waals surface area contributed by atoms with E-state index in [1.165, 1.54) is 37.4 Å². The minimum absolute atomic E-state index is 0.861. The highest BCUT2D eigenvalue weighted by Gasteiger charge is 2.12. The fourth-order valence-corrected chi connectivity index (χ4v) is 2.95. The Morgan fingerprint density at radius 1 is 1.40 bits per heavy atom. The molecule has 4 heteroatoms. The van der Waals surface area contributed by atoms with Gasteiger partial charge in [0.1, 0.15) is 0 Å². The van der Waals surface area contributed by atoms with Gasteiger partial charge in [-0.25, -0.2) is 0 Å². The van der Waals surface area contributed by atoms with E-state index in [0.717, 1.165) is 16.8 Å². The molecule has 0 amide bonds. The second kappa shape index (κ2) is 5.73. The lowest BCUT2D eigenvalue weighted by molar-refractivity contribution is 0.361. The van der Waals surface area contributed by atoms with Crippen LogP contribution < -0.4 is 10.6 Å². The summed E-state index contributed by atoms with van der Waals surface area (Å²) >= 11 is 7.47. The number of hydrogen-bond acceptors (Lipinski definition) is 3. The molecule has 1 aromatic heterocycles. The van der Waals surface area contributed by atoms with Gasteiger partial charge in [-0.2, -0.15) is 0 Å². The molecule has 2 rings (SSSR count). The monoisotopic (exact) mass is 244 g/mol. The van der Waals surface area contributed by atoms with E-state index in [1.807, 2.05) is 6.07 Å². The first-order valence-electron chi connectivity index (χ1n) is 5.54. The predicted molar refractivity (Wildman–Crippen MR) is 68.0 cm³/mol. The van der Waals surface area contributed by atoms with Crippen molar-refractivity contribution >= 4 is 27.9 Å². The van der Waals surface area contributed by atoms with Crippen LogP contribution in [0.3, 0.4) is 0 Å². The number of hydrogen-bond donors (Lipinski definition) is 2. The number of piperidine rings is 1. The van der Waals surface area contributed by atoms with Gasteiger partial charge in [-0.3, -0.25) is 0 Å². The molecule has 0 bridgehead atoms. The summed E-state index contributed by atoms with van der Waals surface area (Å²) in [5, 5.41) is 8.01. The lowest BCUT2D eigenvalue weighted by Gasteiger charge is -2.22. The Balaban J connectivity index is 1.65. The van der Waals surface area contributed by atoms with Crippen LogP contribution in [-0.4, -0.2) is 19.6 Å². The summed E-state index contributed by atoms with van der Waals surface area (Å²) in [4.78, 5) is 0. The fraction of sp³-hybridized carbons (Fsp3) is 0.636. The molecule has 1 aliphatic heterocycles. The molecule has 2 nitrogen and oxygen atoms in total. The molecule has 1 aromatic rings. The normalized spacial score (nSPS) is 17.9. The minimum Gasteiger partial charge on any atom is -0.377 e. The van der Waals surface area contributed by atoms with Crippen LogP contribution >= 0.6 is 22.9 Å². The zero-order valence-electron chi connectivity index (χ0n) is 8.76. The highest BCUT2D eigenvalue weighted by atomic mass is 35.5. The summed E-state index contributed by atoms with van der Waals surface area (Å²) in [5.74, 6) is 0.897. The molecular weight excluding hydrogens is 228 g/mol. The maximum Gasteiger partial charge on any atom is 0.0950 e. The van der Waals surface area contributed by atoms with Crippen LogP contribution in [0.1, 0.15) is 19.3 Å². The summed E-state index contributed by atoms with van der Waals surface area (Å²) in [5.41, 5.74) is 0. The second-order valence-electron chi connectivity index (χ2n) is 4.01. The minimum atomic E-state index is 0.861. The van der Waals surface area contributed by atoms with Gasteiger partial charge in [0, 0.05) is 6.54 Å². The van der Waals surface area contributed by atoms with E-state index < -0.39 is 0 Å². The van der Waals surface area contributed by atoms with Gasteiger partial charge in [0.15, 0.2) is 0 Å². The van der Waals surface area contributed by atoms with Gasteiger partial charge in [0.25, 0.3) is 0 Å². The summed E-state index contributed by atoms with van der Waals surface area (Å²) < 4.78 is 0.861. The fourth-order valence-electron chi connectivity index (χ4n) is 1.98. The lowest BCUT2D eigenvalue weighted by Crippen LogP contribution is -2.28. The Bertz CT molecular complexity index is 295. The molecule has 2 N–H and O–H groups in total. The van der Waals surface area contributed by atoms with Crippen molar-refractivity contribution in [1.82, 2.24) is 5.32 Å². The Hall–Kier alpha value is -0.250. The van der Waals surface area contributed by atoms with Crippen LogP contribution in [0.15, 0.2) is 12.1 Å². The van der Waals surface area contributed by atoms with Gasteiger partial charge >= 0.3 is 0 Å². The Morgan fingerprint density at radius 2 is 2.20 bits per heavy atom. The van der Waals surface area contributed by atoms with Crippen molar-refractivity contribution in [3.05, 3.63) is 16.5 Å². The number of thiophene rings is 1. The summed E-state index contributed by atoms with van der Waals surface area (Å²) in [7, 11) is 0. The molecule has 0 unspecified atom stereocenters. The van der Waals surface area contributed by atoms with Crippen molar-refractivity contribution in [2.24, 2.45) is 5.92 Å². The average molecular weight is 245 g/mol. The van der Waals surface area contributed by atoms with Crippen molar-refractivity contribution in [1.29, 1.82) is 0 Å². The Morgan fingerprint density at radius 3 is 2.87 bits per heavy atom. The highest BCUT2D eigenvalue weighted by molar-refractivity contribution is 7.19. The summed E-state index contributed by atoms with van der Waals surface area (Å²) in [6.45, 7) is 3.45. The number of nitrogens with one attached hydrogen (secondary N) is 2. The topological polar surface area (TPSA) is 24.1 Å². The third-order valence-corrected chi connectivity index (χ3v) is 4.07. The van der Waals surface area contributed by atoms with Crippen LogP contribution in [0.2, 0.25) is 4.34 Å². The zero-order valence-corrected chi connectivity index (χ0v) is 10.3. The van der Waals surface area contributed by atoms with E-state index in [-0.39, 0.29) is 0 Å². The Kier molecular flexibility index (Phi) is 4.29. The van der Waals surface area contributed by atoms with Gasteiger partial charge < -0.3 is 10.6 Å². The largest absolute Gasteiger partial charge is 0.377 e. The first-order chi connectivity index (χ1) is 7.34. The van der Waals surface area contributed by atoms with Gasteiger partial charge in [-0.05, 0) is 50.4 Å². The first kappa shape index (κ1) is 11.2. The molecule has 1 fully saturated rings. The quantitative estimate of drug-likeness (QED) is 0.850. The van der Waals surface area contributed by atoms with Crippen LogP contribution in [0.25, 0.3) is 0 Å². The molecule has 0 aliphatic carbocycles. The molecule has 2 heterocycles. The molecule has 84 valence electrons. The SMILES string of the molecule is Clc1ccc(NCCC2CCNCC2)s1. The van der Waals surface area contributed by atoms with Crippen molar-refractivity contribution in [3.63, 3.8) is 0 Å². The molecule has 0 radical (unpaired) electrons. The molecule has 0 aromatic carbocycles. The van der Waals surface area contributed by atoms with Gasteiger partial charge in [0.2, 0.25) is 0 Å². The third kappa shape index (κ3) is 3.67. The third-order valence-electron chi connectivity index (χ3n) is 2.88. The van der Waals surface area contributed by atoms with Crippen LogP contribution in [0, 0.1) is 5.92 Å². The second-order valence-corrected chi connectivity index (χ2v) is 5.73. The van der Waals surface area contributed by atoms with Crippen LogP contribution in [0.5, 0.6) is 0 Å². The number of anilines is 1. The summed E-state index contributed by atoms with van der Waals surface area (Å²) in [6.07, 6.45) is 3.93. The van der Waals surface area contributed by atoms with Gasteiger partial charge in [-0.1, -0.05) is 11.6 Å². The van der Waals surface area contributed by atoms with E-state index in [0.29, 0.717) is 0 Å². The van der Waals surface area contributed by atoms with Crippen molar-refractivity contribution in [2.45, 2.75) is 19.3 Å². The van der Waals surface area contributed by atoms with E-state index >= 15 is 0 Å². The van der Waals surface area contributed by atoms with Crippen molar-refractivity contribution in [2.75, 3.05) is 25.0 Å². The summed E-state index contributed by atoms with van der Waals surface area (Å²) in [6, 6.07) is 3.99. The lowest BCUT2D eigenvalue weighted by atomic mass is 9.95. The molecule has 0 atom stereocenters. The molecular formula is C11H17ClN2S. The van der Waals surface area contributed by atoms with E-state index in [9.17, 15) is 0 Å². The van der Waals surface area contributed by atoms with Gasteiger partial charge in [-0.15, -0.1) is 11.3 Å². The molecule has 15 heavy (non-hydrogen) atoms. The first-order valence-corrected chi connectivity index (χ1v) is 6.74. The smallest absolute Gasteiger partial charge is 0.0950 e. The van der Waals surface area contributed by atoms with E-state index in [4.69, 9.17) is 11.6 Å². The molecule has 1 saturated heterocycles. The van der Waals surface area contributed by atoms with Crippen molar-refractivity contribution < 1.29 is 0 Å². The van der Waals surface area contributed by atoms with E-state index in [1.54, 1.807) is 11.3 Å². The van der Waals surface area contributed by atoms with E-state index in [2.05, 4.69) is 16.7 Å². The van der Waals surface area contributed by atoms with Gasteiger partial charge in [0.05, 0.1) is 9.34 Å². The molecule has 1 aliphatic rings. The standard InChI is InChI=1S/C11H17ClN2S/c12-10-1-2-11(15-10)14-8-5-9-3-6-13-7-4-9/h1-2,9,13-14H,3-8H2. The van der Waals surface area contributed by atoms with Crippen LogP contribution in [-0.2, 0) is 0 Å².